The SMILES string of the molecule is CC(C)B1OC2C3CC4CC2(O1)C43C. The van der Waals surface area contributed by atoms with Gasteiger partial charge in [0.25, 0.3) is 0 Å². The lowest BCUT2D eigenvalue weighted by Crippen LogP contribution is -2.87. The predicted molar refractivity (Wildman–Crippen MR) is 53.9 cm³/mol. The van der Waals surface area contributed by atoms with Gasteiger partial charge in [-0.1, -0.05) is 20.8 Å². The lowest BCUT2D eigenvalue weighted by atomic mass is 9.24. The van der Waals surface area contributed by atoms with Crippen LogP contribution in [-0.4, -0.2) is 18.8 Å². The first-order chi connectivity index (χ1) is 6.59. The van der Waals surface area contributed by atoms with Gasteiger partial charge < -0.3 is 9.31 Å². The van der Waals surface area contributed by atoms with E-state index in [0.717, 1.165) is 11.8 Å². The molecule has 5 atom stereocenters. The molecule has 0 N–H and O–H groups in total. The van der Waals surface area contributed by atoms with Crippen molar-refractivity contribution in [2.45, 2.75) is 51.1 Å². The molecule has 0 bridgehead atoms. The van der Waals surface area contributed by atoms with E-state index in [9.17, 15) is 0 Å². The van der Waals surface area contributed by atoms with E-state index >= 15 is 0 Å². The van der Waals surface area contributed by atoms with E-state index in [1.165, 1.54) is 12.8 Å². The molecule has 0 aromatic heterocycles. The summed E-state index contributed by atoms with van der Waals surface area (Å²) >= 11 is 0. The zero-order chi connectivity index (χ0) is 9.72. The van der Waals surface area contributed by atoms with Crippen molar-refractivity contribution in [3.05, 3.63) is 0 Å². The molecule has 0 radical (unpaired) electrons. The molecule has 1 spiro atoms. The average molecular weight is 192 g/mol. The minimum Gasteiger partial charge on any atom is -0.405 e. The lowest BCUT2D eigenvalue weighted by molar-refractivity contribution is -0.391. The number of hydrogen-bond acceptors (Lipinski definition) is 2. The Balaban J connectivity index is 1.68. The van der Waals surface area contributed by atoms with Gasteiger partial charge in [-0.2, -0.15) is 0 Å². The third-order valence-corrected chi connectivity index (χ3v) is 5.59. The van der Waals surface area contributed by atoms with Crippen LogP contribution >= 0.6 is 0 Å². The molecular weight excluding hydrogens is 175 g/mol. The minimum atomic E-state index is 0.0726. The van der Waals surface area contributed by atoms with Crippen molar-refractivity contribution in [2.75, 3.05) is 0 Å². The summed E-state index contributed by atoms with van der Waals surface area (Å²) in [5, 5.41) is 0. The molecule has 3 aliphatic carbocycles. The van der Waals surface area contributed by atoms with E-state index in [4.69, 9.17) is 9.31 Å². The van der Waals surface area contributed by atoms with Crippen molar-refractivity contribution in [1.82, 2.24) is 0 Å². The van der Waals surface area contributed by atoms with E-state index in [2.05, 4.69) is 20.8 Å². The third kappa shape index (κ3) is 0.515. The van der Waals surface area contributed by atoms with Crippen molar-refractivity contribution in [1.29, 1.82) is 0 Å². The van der Waals surface area contributed by atoms with Crippen LogP contribution in [0.2, 0.25) is 5.82 Å². The smallest absolute Gasteiger partial charge is 0.405 e. The fourth-order valence-corrected chi connectivity index (χ4v) is 4.56. The molecular formula is C11H17BO2. The zero-order valence-corrected chi connectivity index (χ0v) is 9.12. The van der Waals surface area contributed by atoms with Gasteiger partial charge >= 0.3 is 7.12 Å². The standard InChI is InChI=1S/C11H17BO2/c1-6(2)12-13-9-8-4-7-5-11(9,14-12)10(7,8)3/h6-9H,4-5H2,1-3H3. The molecule has 1 heterocycles. The average Bonchev–Trinajstić information content (AvgIpc) is 2.56. The van der Waals surface area contributed by atoms with Gasteiger partial charge in [-0.25, -0.2) is 0 Å². The molecule has 3 saturated carbocycles. The number of fused-ring (bicyclic) bond motifs is 1. The summed E-state index contributed by atoms with van der Waals surface area (Å²) in [5.41, 5.74) is 0.677. The Morgan fingerprint density at radius 2 is 2.21 bits per heavy atom. The highest BCUT2D eigenvalue weighted by atomic mass is 16.7. The zero-order valence-electron chi connectivity index (χ0n) is 9.12. The van der Waals surface area contributed by atoms with Gasteiger partial charge in [-0.15, -0.1) is 0 Å². The predicted octanol–water partition coefficient (Wildman–Crippen LogP) is 2.10. The van der Waals surface area contributed by atoms with E-state index in [1.807, 2.05) is 0 Å². The van der Waals surface area contributed by atoms with Gasteiger partial charge in [0.05, 0.1) is 11.7 Å². The maximum atomic E-state index is 6.19. The Labute approximate surface area is 85.5 Å². The van der Waals surface area contributed by atoms with Gasteiger partial charge in [0.15, 0.2) is 0 Å². The Kier molecular flexibility index (Phi) is 1.13. The summed E-state index contributed by atoms with van der Waals surface area (Å²) in [5.74, 6) is 2.28. The van der Waals surface area contributed by atoms with Crippen LogP contribution in [-0.2, 0) is 9.31 Å². The first-order valence-electron chi connectivity index (χ1n) is 5.93. The molecule has 14 heavy (non-hydrogen) atoms. The lowest BCUT2D eigenvalue weighted by Gasteiger charge is -2.83. The van der Waals surface area contributed by atoms with E-state index in [0.29, 0.717) is 17.3 Å². The molecule has 0 aromatic rings. The van der Waals surface area contributed by atoms with Gasteiger partial charge in [-0.05, 0) is 30.5 Å². The third-order valence-electron chi connectivity index (χ3n) is 5.59. The molecule has 0 amide bonds. The van der Waals surface area contributed by atoms with Gasteiger partial charge in [0, 0.05) is 5.41 Å². The van der Waals surface area contributed by atoms with Crippen molar-refractivity contribution in [2.24, 2.45) is 17.3 Å². The first-order valence-corrected chi connectivity index (χ1v) is 5.93. The van der Waals surface area contributed by atoms with Crippen LogP contribution < -0.4 is 0 Å². The second-order valence-corrected chi connectivity index (χ2v) is 6.20. The Bertz CT molecular complexity index is 318. The molecule has 4 rings (SSSR count). The second-order valence-electron chi connectivity index (χ2n) is 6.20. The summed E-state index contributed by atoms with van der Waals surface area (Å²) in [6.45, 7) is 6.79. The summed E-state index contributed by atoms with van der Waals surface area (Å²) in [6.07, 6.45) is 3.12. The molecule has 5 unspecified atom stereocenters. The second kappa shape index (κ2) is 1.94. The van der Waals surface area contributed by atoms with E-state index in [1.54, 1.807) is 0 Å². The molecule has 4 aliphatic rings. The minimum absolute atomic E-state index is 0.0726. The normalized spacial score (nSPS) is 62.6. The van der Waals surface area contributed by atoms with Crippen LogP contribution in [0.25, 0.3) is 0 Å². The molecule has 2 nitrogen and oxygen atoms in total. The summed E-state index contributed by atoms with van der Waals surface area (Å²) in [7, 11) is 0.0726. The number of rotatable bonds is 1. The van der Waals surface area contributed by atoms with Crippen LogP contribution in [0.5, 0.6) is 0 Å². The van der Waals surface area contributed by atoms with E-state index < -0.39 is 0 Å². The van der Waals surface area contributed by atoms with Crippen LogP contribution in [0.1, 0.15) is 33.6 Å². The summed E-state index contributed by atoms with van der Waals surface area (Å²) in [4.78, 5) is 0. The van der Waals surface area contributed by atoms with Crippen LogP contribution in [0.3, 0.4) is 0 Å². The van der Waals surface area contributed by atoms with Crippen molar-refractivity contribution >= 4 is 7.12 Å². The molecule has 0 aromatic carbocycles. The number of hydrogen-bond donors (Lipinski definition) is 0. The van der Waals surface area contributed by atoms with Crippen LogP contribution in [0.15, 0.2) is 0 Å². The fraction of sp³-hybridized carbons (Fsp3) is 1.00. The maximum absolute atomic E-state index is 6.19. The Hall–Kier alpha value is -0.0151. The Morgan fingerprint density at radius 1 is 1.43 bits per heavy atom. The first kappa shape index (κ1) is 8.17. The van der Waals surface area contributed by atoms with E-state index in [-0.39, 0.29) is 12.7 Å². The Morgan fingerprint density at radius 3 is 2.71 bits per heavy atom. The largest absolute Gasteiger partial charge is 0.460 e. The van der Waals surface area contributed by atoms with Gasteiger partial charge in [-0.3, -0.25) is 0 Å². The summed E-state index contributed by atoms with van der Waals surface area (Å²) < 4.78 is 12.2. The van der Waals surface area contributed by atoms with Gasteiger partial charge in [0.1, 0.15) is 0 Å². The van der Waals surface area contributed by atoms with Gasteiger partial charge in [0.2, 0.25) is 0 Å². The monoisotopic (exact) mass is 192 g/mol. The summed E-state index contributed by atoms with van der Waals surface area (Å²) in [6, 6.07) is 0. The molecule has 1 saturated heterocycles. The highest BCUT2D eigenvalue weighted by Gasteiger charge is 2.88. The molecule has 76 valence electrons. The quantitative estimate of drug-likeness (QED) is 0.592. The highest BCUT2D eigenvalue weighted by molar-refractivity contribution is 6.47. The van der Waals surface area contributed by atoms with Crippen LogP contribution in [0, 0.1) is 17.3 Å². The molecule has 4 fully saturated rings. The van der Waals surface area contributed by atoms with Crippen molar-refractivity contribution < 1.29 is 9.31 Å². The van der Waals surface area contributed by atoms with Crippen molar-refractivity contribution in [3.63, 3.8) is 0 Å². The molecule has 1 aliphatic heterocycles. The highest BCUT2D eigenvalue weighted by Crippen LogP contribution is 2.83. The van der Waals surface area contributed by atoms with Crippen molar-refractivity contribution in [3.8, 4) is 0 Å². The molecule has 3 heteroatoms. The fourth-order valence-electron chi connectivity index (χ4n) is 4.56. The maximum Gasteiger partial charge on any atom is 0.460 e. The van der Waals surface area contributed by atoms with Crippen LogP contribution in [0.4, 0.5) is 0 Å². The topological polar surface area (TPSA) is 18.5 Å².